The highest BCUT2D eigenvalue weighted by Crippen LogP contribution is 2.35. The van der Waals surface area contributed by atoms with E-state index in [0.717, 1.165) is 22.5 Å². The molecule has 2 aromatic rings. The normalized spacial score (nSPS) is 12.3. The van der Waals surface area contributed by atoms with Crippen LogP contribution < -0.4 is 10.2 Å². The van der Waals surface area contributed by atoms with Crippen LogP contribution in [-0.4, -0.2) is 24.3 Å². The predicted octanol–water partition coefficient (Wildman–Crippen LogP) is 3.40. The van der Waals surface area contributed by atoms with E-state index >= 15 is 0 Å². The Hall–Kier alpha value is -2.59. The van der Waals surface area contributed by atoms with Gasteiger partial charge in [-0.15, -0.1) is 0 Å². The van der Waals surface area contributed by atoms with Crippen LogP contribution in [0, 0.1) is 0 Å². The number of hydrogen-bond acceptors (Lipinski definition) is 2. The Labute approximate surface area is 129 Å². The van der Waals surface area contributed by atoms with Crippen LogP contribution >= 0.6 is 0 Å². The van der Waals surface area contributed by atoms with Crippen molar-refractivity contribution in [1.82, 2.24) is 5.32 Å². The quantitative estimate of drug-likeness (QED) is 0.852. The second kappa shape index (κ2) is 6.45. The summed E-state index contributed by atoms with van der Waals surface area (Å²) in [7, 11) is 0. The van der Waals surface area contributed by atoms with Crippen molar-refractivity contribution in [3.63, 3.8) is 0 Å². The van der Waals surface area contributed by atoms with Gasteiger partial charge in [-0.2, -0.15) is 0 Å². The van der Waals surface area contributed by atoms with E-state index in [0.29, 0.717) is 13.0 Å². The van der Waals surface area contributed by atoms with Gasteiger partial charge in [-0.1, -0.05) is 48.6 Å². The van der Waals surface area contributed by atoms with Gasteiger partial charge < -0.3 is 10.4 Å². The van der Waals surface area contributed by atoms with E-state index < -0.39 is 0 Å². The lowest BCUT2D eigenvalue weighted by atomic mass is 10.1. The molecule has 22 heavy (non-hydrogen) atoms. The number of benzene rings is 2. The number of carbonyl (C=O) groups is 1. The Morgan fingerprint density at radius 3 is 2.05 bits per heavy atom. The number of hydrogen-bond donors (Lipinski definition) is 2. The summed E-state index contributed by atoms with van der Waals surface area (Å²) in [5.74, 6) is 0. The highest BCUT2D eigenvalue weighted by molar-refractivity contribution is 6.05. The molecule has 0 atom stereocenters. The average molecular weight is 294 g/mol. The van der Waals surface area contributed by atoms with Gasteiger partial charge in [0.1, 0.15) is 0 Å². The Morgan fingerprint density at radius 1 is 0.955 bits per heavy atom. The smallest absolute Gasteiger partial charge is 0.326 e. The number of amides is 2. The number of urea groups is 1. The predicted molar refractivity (Wildman–Crippen MR) is 89.1 cm³/mol. The first-order valence-corrected chi connectivity index (χ1v) is 7.36. The Balaban J connectivity index is 2.03. The average Bonchev–Trinajstić information content (AvgIpc) is 2.72. The summed E-state index contributed by atoms with van der Waals surface area (Å²) in [6.45, 7) is 0.513. The number of aliphatic hydroxyl groups excluding tert-OH is 1. The summed E-state index contributed by atoms with van der Waals surface area (Å²) in [4.78, 5) is 14.4. The zero-order valence-electron chi connectivity index (χ0n) is 12.2. The van der Waals surface area contributed by atoms with Gasteiger partial charge in [-0.3, -0.25) is 4.90 Å². The van der Waals surface area contributed by atoms with Gasteiger partial charge in [0.2, 0.25) is 0 Å². The van der Waals surface area contributed by atoms with Crippen molar-refractivity contribution in [1.29, 1.82) is 0 Å². The Kier molecular flexibility index (Phi) is 4.21. The molecule has 2 N–H and O–H groups in total. The first-order chi connectivity index (χ1) is 10.8. The molecule has 0 spiro atoms. The van der Waals surface area contributed by atoms with Gasteiger partial charge in [-0.25, -0.2) is 4.79 Å². The largest absolute Gasteiger partial charge is 0.396 e. The molecule has 0 saturated heterocycles. The number of anilines is 2. The number of rotatable bonds is 3. The van der Waals surface area contributed by atoms with Crippen LogP contribution in [0.1, 0.15) is 17.5 Å². The molecule has 0 saturated carbocycles. The fourth-order valence-corrected chi connectivity index (χ4v) is 2.55. The standard InChI is InChI=1S/C18H18N2O2/c21-13-5-12-19-18(22)20-16-8-3-1-6-14(16)10-11-15-7-2-4-9-17(15)20/h1-4,6-11,21H,5,12-13H2,(H,19,22). The first kappa shape index (κ1) is 14.4. The molecule has 0 aliphatic carbocycles. The molecule has 1 heterocycles. The summed E-state index contributed by atoms with van der Waals surface area (Å²) in [6, 6.07) is 15.4. The van der Waals surface area contributed by atoms with Gasteiger partial charge in [0.05, 0.1) is 11.4 Å². The van der Waals surface area contributed by atoms with Gasteiger partial charge in [0.25, 0.3) is 0 Å². The van der Waals surface area contributed by atoms with E-state index in [9.17, 15) is 4.79 Å². The number of nitrogens with one attached hydrogen (secondary N) is 1. The SMILES string of the molecule is O=C(NCCCO)N1c2ccccc2C=Cc2ccccc21. The van der Waals surface area contributed by atoms with Gasteiger partial charge >= 0.3 is 6.03 Å². The molecule has 4 heteroatoms. The molecular formula is C18H18N2O2. The van der Waals surface area contributed by atoms with E-state index in [4.69, 9.17) is 5.11 Å². The van der Waals surface area contributed by atoms with Crippen LogP contribution in [0.4, 0.5) is 16.2 Å². The first-order valence-electron chi connectivity index (χ1n) is 7.36. The molecule has 4 nitrogen and oxygen atoms in total. The number of carbonyl (C=O) groups excluding carboxylic acids is 1. The van der Waals surface area contributed by atoms with Crippen LogP contribution in [0.15, 0.2) is 48.5 Å². The molecule has 2 amide bonds. The molecule has 0 unspecified atom stereocenters. The maximum absolute atomic E-state index is 12.7. The van der Waals surface area contributed by atoms with E-state index in [1.807, 2.05) is 60.7 Å². The van der Waals surface area contributed by atoms with Crippen molar-refractivity contribution >= 4 is 29.6 Å². The molecule has 1 aliphatic heterocycles. The lowest BCUT2D eigenvalue weighted by Crippen LogP contribution is -2.38. The molecule has 3 rings (SSSR count). The van der Waals surface area contributed by atoms with Gasteiger partial charge in [0, 0.05) is 13.2 Å². The van der Waals surface area contributed by atoms with Crippen LogP contribution in [0.2, 0.25) is 0 Å². The van der Waals surface area contributed by atoms with Crippen LogP contribution in [0.25, 0.3) is 12.2 Å². The number of para-hydroxylation sites is 2. The maximum Gasteiger partial charge on any atom is 0.326 e. The number of fused-ring (bicyclic) bond motifs is 2. The van der Waals surface area contributed by atoms with Crippen LogP contribution in [0.3, 0.4) is 0 Å². The summed E-state index contributed by atoms with van der Waals surface area (Å²) >= 11 is 0. The Bertz CT molecular complexity index is 660. The molecule has 0 fully saturated rings. The van der Waals surface area contributed by atoms with Crippen molar-refractivity contribution in [2.45, 2.75) is 6.42 Å². The van der Waals surface area contributed by atoms with Crippen molar-refractivity contribution in [3.8, 4) is 0 Å². The van der Waals surface area contributed by atoms with Crippen molar-refractivity contribution in [2.24, 2.45) is 0 Å². The second-order valence-corrected chi connectivity index (χ2v) is 5.10. The number of aliphatic hydroxyl groups is 1. The molecule has 2 aromatic carbocycles. The molecule has 0 bridgehead atoms. The summed E-state index contributed by atoms with van der Waals surface area (Å²) in [6.07, 6.45) is 4.59. The summed E-state index contributed by atoms with van der Waals surface area (Å²) < 4.78 is 0. The molecule has 0 radical (unpaired) electrons. The van der Waals surface area contributed by atoms with E-state index in [-0.39, 0.29) is 12.6 Å². The van der Waals surface area contributed by atoms with E-state index in [1.165, 1.54) is 0 Å². The van der Waals surface area contributed by atoms with E-state index in [1.54, 1.807) is 4.90 Å². The minimum Gasteiger partial charge on any atom is -0.396 e. The monoisotopic (exact) mass is 294 g/mol. The topological polar surface area (TPSA) is 52.6 Å². The fraction of sp³-hybridized carbons (Fsp3) is 0.167. The zero-order chi connectivity index (χ0) is 15.4. The molecule has 112 valence electrons. The maximum atomic E-state index is 12.7. The van der Waals surface area contributed by atoms with Crippen LogP contribution in [-0.2, 0) is 0 Å². The molecular weight excluding hydrogens is 276 g/mol. The third kappa shape index (κ3) is 2.73. The van der Waals surface area contributed by atoms with Crippen molar-refractivity contribution < 1.29 is 9.90 Å². The highest BCUT2D eigenvalue weighted by atomic mass is 16.3. The van der Waals surface area contributed by atoms with Gasteiger partial charge in [0.15, 0.2) is 0 Å². The van der Waals surface area contributed by atoms with Crippen molar-refractivity contribution in [3.05, 3.63) is 59.7 Å². The zero-order valence-corrected chi connectivity index (χ0v) is 12.2. The lowest BCUT2D eigenvalue weighted by molar-refractivity contribution is 0.245. The summed E-state index contributed by atoms with van der Waals surface area (Å²) in [5, 5.41) is 11.7. The van der Waals surface area contributed by atoms with Gasteiger partial charge in [-0.05, 0) is 29.7 Å². The molecule has 0 aromatic heterocycles. The fourth-order valence-electron chi connectivity index (χ4n) is 2.55. The number of nitrogens with zero attached hydrogens (tertiary/aromatic N) is 1. The minimum absolute atomic E-state index is 0.0645. The summed E-state index contributed by atoms with van der Waals surface area (Å²) in [5.41, 5.74) is 3.70. The third-order valence-electron chi connectivity index (χ3n) is 3.61. The minimum atomic E-state index is -0.183. The third-order valence-corrected chi connectivity index (χ3v) is 3.61. The van der Waals surface area contributed by atoms with Crippen LogP contribution in [0.5, 0.6) is 0 Å². The Morgan fingerprint density at radius 2 is 1.50 bits per heavy atom. The molecule has 1 aliphatic rings. The highest BCUT2D eigenvalue weighted by Gasteiger charge is 2.23. The second-order valence-electron chi connectivity index (χ2n) is 5.10. The van der Waals surface area contributed by atoms with Crippen molar-refractivity contribution in [2.75, 3.05) is 18.1 Å². The van der Waals surface area contributed by atoms with E-state index in [2.05, 4.69) is 5.32 Å². The lowest BCUT2D eigenvalue weighted by Gasteiger charge is -2.25.